The summed E-state index contributed by atoms with van der Waals surface area (Å²) in [5.41, 5.74) is 1.24. The minimum atomic E-state index is -0.831. The fraction of sp³-hybridized carbons (Fsp3) is 0.308. The van der Waals surface area contributed by atoms with Crippen LogP contribution in [0.3, 0.4) is 0 Å². The molecule has 1 heterocycles. The van der Waals surface area contributed by atoms with Crippen molar-refractivity contribution in [3.8, 4) is 0 Å². The lowest BCUT2D eigenvalue weighted by Crippen LogP contribution is -2.28. The quantitative estimate of drug-likeness (QED) is 0.862. The van der Waals surface area contributed by atoms with Crippen molar-refractivity contribution in [2.24, 2.45) is 0 Å². The molecule has 0 aliphatic carbocycles. The number of hydrogen-bond acceptors (Lipinski definition) is 2. The molecule has 0 unspecified atom stereocenters. The third-order valence-corrected chi connectivity index (χ3v) is 4.10. The number of thiophene rings is 1. The van der Waals surface area contributed by atoms with E-state index in [1.165, 1.54) is 10.3 Å². The zero-order valence-electron chi connectivity index (χ0n) is 9.57. The van der Waals surface area contributed by atoms with E-state index in [9.17, 15) is 9.90 Å². The fourth-order valence-corrected chi connectivity index (χ4v) is 2.59. The Bertz CT molecular complexity index is 552. The zero-order valence-corrected chi connectivity index (χ0v) is 10.4. The highest BCUT2D eigenvalue weighted by Gasteiger charge is 2.29. The van der Waals surface area contributed by atoms with Gasteiger partial charge in [0.2, 0.25) is 0 Å². The van der Waals surface area contributed by atoms with E-state index in [4.69, 9.17) is 0 Å². The maximum Gasteiger partial charge on any atom is 0.313 e. The molecule has 0 atom stereocenters. The Morgan fingerprint density at radius 3 is 2.69 bits per heavy atom. The molecule has 0 aliphatic heterocycles. The van der Waals surface area contributed by atoms with Gasteiger partial charge < -0.3 is 5.11 Å². The summed E-state index contributed by atoms with van der Waals surface area (Å²) in [6.07, 6.45) is 0. The average molecular weight is 234 g/mol. The summed E-state index contributed by atoms with van der Waals surface area (Å²) in [6.45, 7) is 5.52. The van der Waals surface area contributed by atoms with E-state index in [-0.39, 0.29) is 0 Å². The number of benzene rings is 1. The maximum absolute atomic E-state index is 11.2. The number of carbonyl (C=O) groups is 1. The van der Waals surface area contributed by atoms with Crippen LogP contribution in [-0.4, -0.2) is 11.1 Å². The van der Waals surface area contributed by atoms with Crippen LogP contribution in [0.2, 0.25) is 0 Å². The highest BCUT2D eigenvalue weighted by Crippen LogP contribution is 2.31. The van der Waals surface area contributed by atoms with Crippen LogP contribution >= 0.6 is 11.3 Å². The molecule has 1 aromatic carbocycles. The molecule has 1 aromatic heterocycles. The highest BCUT2D eigenvalue weighted by atomic mass is 32.1. The van der Waals surface area contributed by atoms with Crippen molar-refractivity contribution in [3.05, 3.63) is 34.7 Å². The van der Waals surface area contributed by atoms with Gasteiger partial charge in [-0.2, -0.15) is 0 Å². The van der Waals surface area contributed by atoms with Crippen LogP contribution in [0, 0.1) is 6.92 Å². The van der Waals surface area contributed by atoms with Crippen molar-refractivity contribution < 1.29 is 9.90 Å². The van der Waals surface area contributed by atoms with Crippen molar-refractivity contribution in [2.45, 2.75) is 26.2 Å². The van der Waals surface area contributed by atoms with Gasteiger partial charge in [-0.05, 0) is 54.8 Å². The molecule has 0 aliphatic rings. The lowest BCUT2D eigenvalue weighted by molar-refractivity contribution is -0.142. The first-order valence-corrected chi connectivity index (χ1v) is 6.02. The Morgan fingerprint density at radius 1 is 1.38 bits per heavy atom. The Hall–Kier alpha value is -1.35. The van der Waals surface area contributed by atoms with Crippen LogP contribution in [0.4, 0.5) is 0 Å². The van der Waals surface area contributed by atoms with Crippen LogP contribution in [0.5, 0.6) is 0 Å². The lowest BCUT2D eigenvalue weighted by atomic mass is 9.84. The minimum absolute atomic E-state index is 0.792. The zero-order chi connectivity index (χ0) is 11.9. The van der Waals surface area contributed by atoms with E-state index in [2.05, 4.69) is 12.3 Å². The average Bonchev–Trinajstić information content (AvgIpc) is 2.60. The first kappa shape index (κ1) is 11.1. The molecule has 0 amide bonds. The topological polar surface area (TPSA) is 37.3 Å². The predicted octanol–water partition coefficient (Wildman–Crippen LogP) is 3.57. The van der Waals surface area contributed by atoms with Gasteiger partial charge >= 0.3 is 5.97 Å². The summed E-state index contributed by atoms with van der Waals surface area (Å²) < 4.78 is 1.21. The second-order valence-electron chi connectivity index (χ2n) is 4.56. The summed E-state index contributed by atoms with van der Waals surface area (Å²) in [6, 6.07) is 5.91. The fourth-order valence-electron chi connectivity index (χ4n) is 1.67. The maximum atomic E-state index is 11.2. The molecule has 84 valence electrons. The molecule has 0 saturated carbocycles. The first-order chi connectivity index (χ1) is 7.43. The number of rotatable bonds is 2. The van der Waals surface area contributed by atoms with E-state index in [0.717, 1.165) is 10.9 Å². The van der Waals surface area contributed by atoms with E-state index < -0.39 is 11.4 Å². The third kappa shape index (κ3) is 1.61. The van der Waals surface area contributed by atoms with Crippen molar-refractivity contribution in [3.63, 3.8) is 0 Å². The molecule has 0 saturated heterocycles. The van der Waals surface area contributed by atoms with Gasteiger partial charge in [0.15, 0.2) is 0 Å². The van der Waals surface area contributed by atoms with E-state index in [0.29, 0.717) is 0 Å². The Labute approximate surface area is 98.5 Å². The Balaban J connectivity index is 2.62. The molecule has 1 N–H and O–H groups in total. The number of hydrogen-bond donors (Lipinski definition) is 1. The number of carboxylic acid groups (broad SMARTS) is 1. The van der Waals surface area contributed by atoms with Gasteiger partial charge in [-0.1, -0.05) is 6.07 Å². The van der Waals surface area contributed by atoms with E-state index in [1.807, 2.05) is 18.2 Å². The molecular formula is C13H14O2S. The summed E-state index contributed by atoms with van der Waals surface area (Å²) in [5, 5.41) is 12.5. The first-order valence-electron chi connectivity index (χ1n) is 5.14. The molecule has 2 rings (SSSR count). The minimum Gasteiger partial charge on any atom is -0.481 e. The molecule has 0 spiro atoms. The van der Waals surface area contributed by atoms with Crippen LogP contribution in [0.25, 0.3) is 10.1 Å². The van der Waals surface area contributed by atoms with E-state index >= 15 is 0 Å². The van der Waals surface area contributed by atoms with Gasteiger partial charge in [-0.15, -0.1) is 11.3 Å². The summed E-state index contributed by atoms with van der Waals surface area (Å²) in [4.78, 5) is 11.2. The number of aliphatic carboxylic acids is 1. The van der Waals surface area contributed by atoms with Crippen LogP contribution in [0.1, 0.15) is 25.0 Å². The molecule has 2 nitrogen and oxygen atoms in total. The standard InChI is InChI=1S/C13H14O2S/c1-8-7-16-11-5-4-9(6-10(8)11)13(2,3)12(14)15/h4-7H,1-3H3,(H,14,15). The number of carboxylic acids is 1. The monoisotopic (exact) mass is 234 g/mol. The molecule has 3 heteroatoms. The van der Waals surface area contributed by atoms with Gasteiger partial charge in [0.25, 0.3) is 0 Å². The van der Waals surface area contributed by atoms with Gasteiger partial charge in [0.05, 0.1) is 5.41 Å². The van der Waals surface area contributed by atoms with Gasteiger partial charge in [0, 0.05) is 4.70 Å². The summed E-state index contributed by atoms with van der Waals surface area (Å²) >= 11 is 1.69. The van der Waals surface area contributed by atoms with Crippen LogP contribution in [-0.2, 0) is 10.2 Å². The highest BCUT2D eigenvalue weighted by molar-refractivity contribution is 7.17. The molecule has 16 heavy (non-hydrogen) atoms. The SMILES string of the molecule is Cc1csc2ccc(C(C)(C)C(=O)O)cc12. The Kier molecular flexibility index (Phi) is 2.50. The largest absolute Gasteiger partial charge is 0.481 e. The Morgan fingerprint density at radius 2 is 2.06 bits per heavy atom. The molecule has 0 fully saturated rings. The number of fused-ring (bicyclic) bond motifs is 1. The third-order valence-electron chi connectivity index (χ3n) is 3.02. The molecular weight excluding hydrogens is 220 g/mol. The molecule has 0 bridgehead atoms. The number of aryl methyl sites for hydroxylation is 1. The van der Waals surface area contributed by atoms with E-state index in [1.54, 1.807) is 25.2 Å². The normalized spacial score (nSPS) is 11.9. The van der Waals surface area contributed by atoms with Crippen molar-refractivity contribution >= 4 is 27.4 Å². The van der Waals surface area contributed by atoms with Gasteiger partial charge in [0.1, 0.15) is 0 Å². The van der Waals surface area contributed by atoms with Crippen LogP contribution < -0.4 is 0 Å². The van der Waals surface area contributed by atoms with Gasteiger partial charge in [-0.25, -0.2) is 0 Å². The van der Waals surface area contributed by atoms with Gasteiger partial charge in [-0.3, -0.25) is 4.79 Å². The smallest absolute Gasteiger partial charge is 0.313 e. The second-order valence-corrected chi connectivity index (χ2v) is 5.47. The molecule has 2 aromatic rings. The second kappa shape index (κ2) is 3.59. The predicted molar refractivity (Wildman–Crippen MR) is 67.2 cm³/mol. The summed E-state index contributed by atoms with van der Waals surface area (Å²) in [7, 11) is 0. The van der Waals surface area contributed by atoms with Crippen molar-refractivity contribution in [1.82, 2.24) is 0 Å². The molecule has 0 radical (unpaired) electrons. The lowest BCUT2D eigenvalue weighted by Gasteiger charge is -2.19. The summed E-state index contributed by atoms with van der Waals surface area (Å²) in [5.74, 6) is -0.792. The van der Waals surface area contributed by atoms with Crippen LogP contribution in [0.15, 0.2) is 23.6 Å². The van der Waals surface area contributed by atoms with Crippen molar-refractivity contribution in [1.29, 1.82) is 0 Å². The van der Waals surface area contributed by atoms with Crippen molar-refractivity contribution in [2.75, 3.05) is 0 Å².